The van der Waals surface area contributed by atoms with Gasteiger partial charge >= 0.3 is 0 Å². The maximum Gasteiger partial charge on any atom is 0.178 e. The van der Waals surface area contributed by atoms with Crippen LogP contribution in [0.1, 0.15) is 30.0 Å². The second kappa shape index (κ2) is 4.73. The first-order valence-electron chi connectivity index (χ1n) is 8.41. The molecule has 5 rings (SSSR count). The van der Waals surface area contributed by atoms with Crippen molar-refractivity contribution < 1.29 is 4.74 Å². The predicted octanol–water partition coefficient (Wildman–Crippen LogP) is 5.98. The number of hydrogen-bond donors (Lipinski definition) is 0. The summed E-state index contributed by atoms with van der Waals surface area (Å²) in [5.41, 5.74) is 9.71. The molecule has 0 saturated carbocycles. The molecule has 2 aliphatic rings. The minimum atomic E-state index is 1.02. The molecule has 1 heterocycles. The van der Waals surface area contributed by atoms with Crippen molar-refractivity contribution in [1.82, 2.24) is 0 Å². The van der Waals surface area contributed by atoms with Gasteiger partial charge in [0.05, 0.1) is 0 Å². The van der Waals surface area contributed by atoms with Gasteiger partial charge in [0.25, 0.3) is 0 Å². The first-order chi connectivity index (χ1) is 11.4. The second-order valence-corrected chi connectivity index (χ2v) is 6.42. The van der Waals surface area contributed by atoms with Crippen molar-refractivity contribution >= 4 is 0 Å². The molecule has 0 aromatic heterocycles. The number of hydrogen-bond acceptors (Lipinski definition) is 1. The lowest BCUT2D eigenvalue weighted by molar-refractivity contribution is 0.643. The monoisotopic (exact) mass is 298 g/mol. The van der Waals surface area contributed by atoms with Crippen LogP contribution in [0, 0.1) is 0 Å². The summed E-state index contributed by atoms with van der Waals surface area (Å²) in [5.74, 6) is 2.27. The van der Waals surface area contributed by atoms with Gasteiger partial charge in [0.2, 0.25) is 0 Å². The molecule has 3 aromatic carbocycles. The van der Waals surface area contributed by atoms with E-state index in [0.29, 0.717) is 0 Å². The van der Waals surface area contributed by atoms with Crippen molar-refractivity contribution in [2.24, 2.45) is 0 Å². The normalized spacial score (nSPS) is 13.1. The van der Waals surface area contributed by atoms with Crippen LogP contribution in [0.5, 0.6) is 11.5 Å². The Morgan fingerprint density at radius 2 is 1.65 bits per heavy atom. The fraction of sp³-hybridized carbons (Fsp3) is 0.182. The Hall–Kier alpha value is -2.54. The van der Waals surface area contributed by atoms with Gasteiger partial charge in [0.15, 0.2) is 11.5 Å². The number of ether oxygens (including phenoxy) is 1. The van der Waals surface area contributed by atoms with Gasteiger partial charge in [-0.1, -0.05) is 67.9 Å². The lowest BCUT2D eigenvalue weighted by Crippen LogP contribution is -1.93. The van der Waals surface area contributed by atoms with E-state index in [2.05, 4.69) is 61.5 Å². The van der Waals surface area contributed by atoms with Crippen molar-refractivity contribution in [1.29, 1.82) is 0 Å². The highest BCUT2D eigenvalue weighted by Gasteiger charge is 2.38. The van der Waals surface area contributed by atoms with E-state index in [1.807, 2.05) is 0 Å². The van der Waals surface area contributed by atoms with Gasteiger partial charge < -0.3 is 4.74 Å². The molecule has 0 N–H and O–H groups in total. The molecule has 1 aliphatic carbocycles. The average Bonchev–Trinajstić information content (AvgIpc) is 3.29. The molecule has 0 atom stereocenters. The number of benzene rings is 3. The molecule has 0 fully saturated rings. The maximum atomic E-state index is 5.98. The van der Waals surface area contributed by atoms with E-state index < -0.39 is 0 Å². The van der Waals surface area contributed by atoms with Gasteiger partial charge in [-0.05, 0) is 40.7 Å². The Bertz CT molecular complexity index is 922. The third kappa shape index (κ3) is 1.80. The van der Waals surface area contributed by atoms with Crippen LogP contribution < -0.4 is 4.74 Å². The Morgan fingerprint density at radius 1 is 0.870 bits per heavy atom. The maximum absolute atomic E-state index is 5.98. The smallest absolute Gasteiger partial charge is 0.178 e. The summed E-state index contributed by atoms with van der Waals surface area (Å²) in [6.07, 6.45) is 3.24. The standard InChI is InChI=1S/C22H18O/c1-2-8-17-19(14-9-4-3-5-10-14)18-13-15-11-6-7-12-16(15)20(18)22-21(17)23-22/h3-7,9-12H,2,8,13H2,1H3. The lowest BCUT2D eigenvalue weighted by Gasteiger charge is -2.12. The lowest BCUT2D eigenvalue weighted by atomic mass is 9.89. The summed E-state index contributed by atoms with van der Waals surface area (Å²) in [6.45, 7) is 2.24. The Kier molecular flexibility index (Phi) is 2.66. The molecule has 1 aliphatic heterocycles. The largest absolute Gasteiger partial charge is 0.448 e. The van der Waals surface area contributed by atoms with Gasteiger partial charge in [-0.2, -0.15) is 0 Å². The molecule has 0 radical (unpaired) electrons. The second-order valence-electron chi connectivity index (χ2n) is 6.42. The summed E-state index contributed by atoms with van der Waals surface area (Å²) in [4.78, 5) is 0. The van der Waals surface area contributed by atoms with Crippen LogP contribution >= 0.6 is 0 Å². The van der Waals surface area contributed by atoms with Crippen molar-refractivity contribution in [2.75, 3.05) is 0 Å². The zero-order valence-corrected chi connectivity index (χ0v) is 13.2. The highest BCUT2D eigenvalue weighted by molar-refractivity contribution is 5.96. The van der Waals surface area contributed by atoms with Crippen molar-refractivity contribution in [3.8, 4) is 33.8 Å². The SMILES string of the molecule is CCCc1c2c(c3c(c1-c1ccccc1)Cc1ccccc1-3)O2. The summed E-state index contributed by atoms with van der Waals surface area (Å²) in [5, 5.41) is 0. The third-order valence-electron chi connectivity index (χ3n) is 4.99. The zero-order chi connectivity index (χ0) is 15.4. The van der Waals surface area contributed by atoms with E-state index in [1.165, 1.54) is 38.9 Å². The van der Waals surface area contributed by atoms with Crippen LogP contribution in [-0.4, -0.2) is 0 Å². The average molecular weight is 298 g/mol. The molecule has 112 valence electrons. The van der Waals surface area contributed by atoms with E-state index in [0.717, 1.165) is 30.8 Å². The molecule has 23 heavy (non-hydrogen) atoms. The van der Waals surface area contributed by atoms with Crippen LogP contribution in [0.3, 0.4) is 0 Å². The highest BCUT2D eigenvalue weighted by atomic mass is 16.6. The molecule has 0 spiro atoms. The summed E-state index contributed by atoms with van der Waals surface area (Å²) in [6, 6.07) is 19.6. The summed E-state index contributed by atoms with van der Waals surface area (Å²) >= 11 is 0. The summed E-state index contributed by atoms with van der Waals surface area (Å²) < 4.78 is 5.98. The van der Waals surface area contributed by atoms with Crippen molar-refractivity contribution in [3.63, 3.8) is 0 Å². The van der Waals surface area contributed by atoms with Crippen molar-refractivity contribution in [2.45, 2.75) is 26.2 Å². The number of rotatable bonds is 3. The zero-order valence-electron chi connectivity index (χ0n) is 13.2. The first-order valence-corrected chi connectivity index (χ1v) is 8.41. The molecule has 0 unspecified atom stereocenters. The van der Waals surface area contributed by atoms with E-state index in [-0.39, 0.29) is 0 Å². The van der Waals surface area contributed by atoms with Gasteiger partial charge in [-0.3, -0.25) is 0 Å². The van der Waals surface area contributed by atoms with Crippen LogP contribution in [0.15, 0.2) is 54.6 Å². The van der Waals surface area contributed by atoms with E-state index in [1.54, 1.807) is 0 Å². The van der Waals surface area contributed by atoms with Crippen LogP contribution in [0.25, 0.3) is 22.3 Å². The molecule has 1 nitrogen and oxygen atoms in total. The molecule has 0 saturated heterocycles. The third-order valence-corrected chi connectivity index (χ3v) is 4.99. The minimum Gasteiger partial charge on any atom is -0.448 e. The Labute approximate surface area is 136 Å². The fourth-order valence-electron chi connectivity index (χ4n) is 4.01. The molecule has 0 bridgehead atoms. The van der Waals surface area contributed by atoms with Gasteiger partial charge in [0.1, 0.15) is 0 Å². The van der Waals surface area contributed by atoms with Gasteiger partial charge in [-0.15, -0.1) is 0 Å². The van der Waals surface area contributed by atoms with Crippen molar-refractivity contribution in [3.05, 3.63) is 71.3 Å². The molecule has 0 amide bonds. The quantitative estimate of drug-likeness (QED) is 0.373. The Morgan fingerprint density at radius 3 is 2.48 bits per heavy atom. The molecule has 3 aromatic rings. The van der Waals surface area contributed by atoms with E-state index >= 15 is 0 Å². The molecule has 1 heteroatoms. The van der Waals surface area contributed by atoms with Crippen LogP contribution in [0.4, 0.5) is 0 Å². The van der Waals surface area contributed by atoms with Crippen LogP contribution in [-0.2, 0) is 12.8 Å². The molecular weight excluding hydrogens is 280 g/mol. The molecular formula is C22H18O. The van der Waals surface area contributed by atoms with E-state index in [4.69, 9.17) is 4.74 Å². The van der Waals surface area contributed by atoms with Crippen LogP contribution in [0.2, 0.25) is 0 Å². The highest BCUT2D eigenvalue weighted by Crippen LogP contribution is 2.62. The first kappa shape index (κ1) is 13.0. The van der Waals surface area contributed by atoms with Gasteiger partial charge in [0, 0.05) is 11.1 Å². The topological polar surface area (TPSA) is 12.5 Å². The predicted molar refractivity (Wildman–Crippen MR) is 94.2 cm³/mol. The minimum absolute atomic E-state index is 1.02. The van der Waals surface area contributed by atoms with E-state index in [9.17, 15) is 0 Å². The number of fused-ring (bicyclic) bond motifs is 5. The summed E-state index contributed by atoms with van der Waals surface area (Å²) in [7, 11) is 0. The van der Waals surface area contributed by atoms with Gasteiger partial charge in [-0.25, -0.2) is 0 Å². The fourth-order valence-corrected chi connectivity index (χ4v) is 4.01. The Balaban J connectivity index is 1.83.